The van der Waals surface area contributed by atoms with E-state index in [0.29, 0.717) is 6.04 Å². The molecule has 1 fully saturated rings. The standard InChI is InChI=1S/C14H19N3/c1-9-7-10(2)16-13-8-12(17-14(9)13)11-5-3-4-6-15-11/h7-8,11,15,17H,3-6H2,1-2H3. The number of aryl methyl sites for hydroxylation is 2. The van der Waals surface area contributed by atoms with Gasteiger partial charge in [-0.3, -0.25) is 4.98 Å². The molecule has 0 saturated carbocycles. The molecular formula is C14H19N3. The summed E-state index contributed by atoms with van der Waals surface area (Å²) in [6.07, 6.45) is 3.84. The van der Waals surface area contributed by atoms with Crippen molar-refractivity contribution >= 4 is 11.0 Å². The van der Waals surface area contributed by atoms with E-state index in [4.69, 9.17) is 0 Å². The molecule has 1 aliphatic rings. The van der Waals surface area contributed by atoms with Gasteiger partial charge in [0.1, 0.15) is 0 Å². The first kappa shape index (κ1) is 10.8. The Morgan fingerprint density at radius 2 is 2.12 bits per heavy atom. The normalized spacial score (nSPS) is 20.9. The highest BCUT2D eigenvalue weighted by Gasteiger charge is 2.17. The first-order valence-electron chi connectivity index (χ1n) is 6.44. The maximum Gasteiger partial charge on any atom is 0.0888 e. The molecule has 1 atom stereocenters. The number of nitrogens with zero attached hydrogens (tertiary/aromatic N) is 1. The Kier molecular flexibility index (Phi) is 2.63. The Labute approximate surface area is 102 Å². The van der Waals surface area contributed by atoms with Gasteiger partial charge >= 0.3 is 0 Å². The van der Waals surface area contributed by atoms with Crippen LogP contribution in [0.15, 0.2) is 12.1 Å². The zero-order valence-corrected chi connectivity index (χ0v) is 10.5. The number of pyridine rings is 1. The molecule has 17 heavy (non-hydrogen) atoms. The number of fused-ring (bicyclic) bond motifs is 1. The van der Waals surface area contributed by atoms with Crippen molar-refractivity contribution in [1.82, 2.24) is 15.3 Å². The van der Waals surface area contributed by atoms with E-state index in [-0.39, 0.29) is 0 Å². The maximum atomic E-state index is 4.59. The SMILES string of the molecule is Cc1cc(C)c2[nH]c(C3CCCCN3)cc2n1. The smallest absolute Gasteiger partial charge is 0.0888 e. The number of H-pyrrole nitrogens is 1. The summed E-state index contributed by atoms with van der Waals surface area (Å²) in [4.78, 5) is 8.13. The van der Waals surface area contributed by atoms with E-state index >= 15 is 0 Å². The summed E-state index contributed by atoms with van der Waals surface area (Å²) in [6, 6.07) is 4.83. The lowest BCUT2D eigenvalue weighted by Crippen LogP contribution is -2.26. The van der Waals surface area contributed by atoms with Crippen LogP contribution in [0.3, 0.4) is 0 Å². The molecule has 3 nitrogen and oxygen atoms in total. The highest BCUT2D eigenvalue weighted by atomic mass is 15.0. The molecule has 0 aromatic carbocycles. The fraction of sp³-hybridized carbons (Fsp3) is 0.500. The van der Waals surface area contributed by atoms with Gasteiger partial charge < -0.3 is 10.3 Å². The molecule has 1 aliphatic heterocycles. The van der Waals surface area contributed by atoms with E-state index in [0.717, 1.165) is 17.8 Å². The van der Waals surface area contributed by atoms with Gasteiger partial charge in [-0.15, -0.1) is 0 Å². The van der Waals surface area contributed by atoms with Crippen LogP contribution < -0.4 is 5.32 Å². The predicted octanol–water partition coefficient (Wildman–Crippen LogP) is 2.99. The molecule has 0 amide bonds. The number of hydrogen-bond acceptors (Lipinski definition) is 2. The Morgan fingerprint density at radius 3 is 2.88 bits per heavy atom. The maximum absolute atomic E-state index is 4.59. The van der Waals surface area contributed by atoms with E-state index in [1.54, 1.807) is 0 Å². The number of nitrogens with one attached hydrogen (secondary N) is 2. The summed E-state index contributed by atoms with van der Waals surface area (Å²) in [7, 11) is 0. The summed E-state index contributed by atoms with van der Waals surface area (Å²) in [6.45, 7) is 5.33. The van der Waals surface area contributed by atoms with Gasteiger partial charge in [0, 0.05) is 17.4 Å². The molecule has 2 aromatic rings. The van der Waals surface area contributed by atoms with Crippen molar-refractivity contribution in [3.8, 4) is 0 Å². The van der Waals surface area contributed by atoms with Crippen LogP contribution in [0.4, 0.5) is 0 Å². The molecule has 90 valence electrons. The van der Waals surface area contributed by atoms with Gasteiger partial charge in [-0.25, -0.2) is 0 Å². The van der Waals surface area contributed by atoms with Crippen LogP contribution in [-0.2, 0) is 0 Å². The lowest BCUT2D eigenvalue weighted by atomic mass is 10.0. The minimum atomic E-state index is 0.484. The second-order valence-electron chi connectivity index (χ2n) is 5.07. The van der Waals surface area contributed by atoms with Crippen molar-refractivity contribution in [3.63, 3.8) is 0 Å². The van der Waals surface area contributed by atoms with Crippen molar-refractivity contribution in [2.24, 2.45) is 0 Å². The number of rotatable bonds is 1. The number of hydrogen-bond donors (Lipinski definition) is 2. The van der Waals surface area contributed by atoms with Gasteiger partial charge in [0.05, 0.1) is 11.0 Å². The van der Waals surface area contributed by atoms with Crippen molar-refractivity contribution in [2.75, 3.05) is 6.54 Å². The zero-order valence-electron chi connectivity index (χ0n) is 10.5. The van der Waals surface area contributed by atoms with Crippen molar-refractivity contribution in [1.29, 1.82) is 0 Å². The summed E-state index contributed by atoms with van der Waals surface area (Å²) in [5.41, 5.74) is 5.97. The predicted molar refractivity (Wildman–Crippen MR) is 70.2 cm³/mol. The molecule has 0 aliphatic carbocycles. The first-order chi connectivity index (χ1) is 8.24. The quantitative estimate of drug-likeness (QED) is 0.789. The van der Waals surface area contributed by atoms with Crippen LogP contribution in [-0.4, -0.2) is 16.5 Å². The molecule has 3 rings (SSSR count). The first-order valence-corrected chi connectivity index (χ1v) is 6.44. The third-order valence-corrected chi connectivity index (χ3v) is 3.62. The topological polar surface area (TPSA) is 40.7 Å². The van der Waals surface area contributed by atoms with E-state index in [1.165, 1.54) is 36.0 Å². The van der Waals surface area contributed by atoms with Crippen LogP contribution >= 0.6 is 0 Å². The lowest BCUT2D eigenvalue weighted by Gasteiger charge is -2.22. The number of aromatic nitrogens is 2. The minimum absolute atomic E-state index is 0.484. The molecule has 2 aromatic heterocycles. The van der Waals surface area contributed by atoms with Crippen molar-refractivity contribution < 1.29 is 0 Å². The molecule has 0 bridgehead atoms. The molecule has 3 heterocycles. The third-order valence-electron chi connectivity index (χ3n) is 3.62. The van der Waals surface area contributed by atoms with Crippen molar-refractivity contribution in [2.45, 2.75) is 39.2 Å². The second-order valence-corrected chi connectivity index (χ2v) is 5.07. The summed E-state index contributed by atoms with van der Waals surface area (Å²) in [5.74, 6) is 0. The van der Waals surface area contributed by atoms with E-state index in [1.807, 2.05) is 0 Å². The van der Waals surface area contributed by atoms with Gasteiger partial charge in [0.2, 0.25) is 0 Å². The Morgan fingerprint density at radius 1 is 1.24 bits per heavy atom. The fourth-order valence-corrected chi connectivity index (χ4v) is 2.77. The Bertz CT molecular complexity index is 536. The highest BCUT2D eigenvalue weighted by Crippen LogP contribution is 2.26. The third kappa shape index (κ3) is 1.95. The monoisotopic (exact) mass is 229 g/mol. The lowest BCUT2D eigenvalue weighted by molar-refractivity contribution is 0.407. The van der Waals surface area contributed by atoms with Gasteiger partial charge in [0.25, 0.3) is 0 Å². The van der Waals surface area contributed by atoms with E-state index in [2.05, 4.69) is 41.3 Å². The average Bonchev–Trinajstić information content (AvgIpc) is 2.74. The largest absolute Gasteiger partial charge is 0.356 e. The molecule has 3 heteroatoms. The van der Waals surface area contributed by atoms with E-state index < -0.39 is 0 Å². The van der Waals surface area contributed by atoms with Crippen LogP contribution in [0.2, 0.25) is 0 Å². The molecule has 2 N–H and O–H groups in total. The molecule has 0 spiro atoms. The Hall–Kier alpha value is -1.35. The van der Waals surface area contributed by atoms with Crippen LogP contribution in [0, 0.1) is 13.8 Å². The Balaban J connectivity index is 2.03. The van der Waals surface area contributed by atoms with Crippen LogP contribution in [0.25, 0.3) is 11.0 Å². The molecule has 1 unspecified atom stereocenters. The van der Waals surface area contributed by atoms with E-state index in [9.17, 15) is 0 Å². The van der Waals surface area contributed by atoms with Gasteiger partial charge in [-0.2, -0.15) is 0 Å². The minimum Gasteiger partial charge on any atom is -0.356 e. The van der Waals surface area contributed by atoms with Gasteiger partial charge in [-0.05, 0) is 50.9 Å². The van der Waals surface area contributed by atoms with Crippen LogP contribution in [0.5, 0.6) is 0 Å². The highest BCUT2D eigenvalue weighted by molar-refractivity contribution is 5.79. The number of piperidine rings is 1. The summed E-state index contributed by atoms with van der Waals surface area (Å²) >= 11 is 0. The van der Waals surface area contributed by atoms with Crippen LogP contribution in [0.1, 0.15) is 42.3 Å². The number of aromatic amines is 1. The van der Waals surface area contributed by atoms with Gasteiger partial charge in [0.15, 0.2) is 0 Å². The molecular weight excluding hydrogens is 210 g/mol. The molecule has 1 saturated heterocycles. The molecule has 0 radical (unpaired) electrons. The zero-order chi connectivity index (χ0) is 11.8. The second kappa shape index (κ2) is 4.15. The van der Waals surface area contributed by atoms with Crippen molar-refractivity contribution in [3.05, 3.63) is 29.1 Å². The summed E-state index contributed by atoms with van der Waals surface area (Å²) in [5, 5.41) is 3.57. The fourth-order valence-electron chi connectivity index (χ4n) is 2.77. The van der Waals surface area contributed by atoms with Gasteiger partial charge in [-0.1, -0.05) is 6.42 Å². The summed E-state index contributed by atoms with van der Waals surface area (Å²) < 4.78 is 0. The average molecular weight is 229 g/mol.